The molecule has 0 aliphatic heterocycles. The topological polar surface area (TPSA) is 77.2 Å². The number of carbonyl (C=O) groups is 1. The fourth-order valence-corrected chi connectivity index (χ4v) is 3.04. The molecule has 0 aliphatic carbocycles. The molecule has 6 heteroatoms. The average molecular weight is 385 g/mol. The standard InChI is InChI=1S/C23H19N3O3/c1-28-19-14-8-13-18(15-19)21-25-23(29-26-21)22(27)24-20(16-9-4-2-5-10-16)17-11-6-3-7-12-17/h2-15,20H,1H3,(H,24,27). The SMILES string of the molecule is COc1cccc(-c2noc(C(=O)NC(c3ccccc3)c3ccccc3)n2)c1. The van der Waals surface area contributed by atoms with Crippen molar-refractivity contribution in [3.05, 3.63) is 102 Å². The maximum atomic E-state index is 12.8. The van der Waals surface area contributed by atoms with Crippen LogP contribution in [0.25, 0.3) is 11.4 Å². The van der Waals surface area contributed by atoms with Gasteiger partial charge in [-0.3, -0.25) is 4.79 Å². The summed E-state index contributed by atoms with van der Waals surface area (Å²) in [5.74, 6) is 0.459. The number of carbonyl (C=O) groups excluding carboxylic acids is 1. The van der Waals surface area contributed by atoms with E-state index < -0.39 is 5.91 Å². The van der Waals surface area contributed by atoms with Crippen molar-refractivity contribution in [2.45, 2.75) is 6.04 Å². The Morgan fingerprint density at radius 2 is 1.59 bits per heavy atom. The molecule has 0 saturated heterocycles. The van der Waals surface area contributed by atoms with Gasteiger partial charge in [0.15, 0.2) is 0 Å². The molecule has 144 valence electrons. The van der Waals surface area contributed by atoms with Crippen molar-refractivity contribution in [3.63, 3.8) is 0 Å². The van der Waals surface area contributed by atoms with Crippen LogP contribution in [-0.2, 0) is 0 Å². The highest BCUT2D eigenvalue weighted by atomic mass is 16.5. The minimum absolute atomic E-state index is 0.0975. The van der Waals surface area contributed by atoms with Gasteiger partial charge >= 0.3 is 11.8 Å². The molecule has 0 unspecified atom stereocenters. The number of hydrogen-bond donors (Lipinski definition) is 1. The fourth-order valence-electron chi connectivity index (χ4n) is 3.04. The van der Waals surface area contributed by atoms with Crippen LogP contribution < -0.4 is 10.1 Å². The van der Waals surface area contributed by atoms with E-state index in [0.717, 1.165) is 11.1 Å². The van der Waals surface area contributed by atoms with Crippen molar-refractivity contribution in [1.29, 1.82) is 0 Å². The van der Waals surface area contributed by atoms with Crippen LogP contribution in [0.4, 0.5) is 0 Å². The summed E-state index contributed by atoms with van der Waals surface area (Å²) in [6, 6.07) is 26.4. The lowest BCUT2D eigenvalue weighted by molar-refractivity contribution is 0.0899. The van der Waals surface area contributed by atoms with Crippen LogP contribution in [0.2, 0.25) is 0 Å². The van der Waals surface area contributed by atoms with Crippen LogP contribution in [0, 0.1) is 0 Å². The highest BCUT2D eigenvalue weighted by Crippen LogP contribution is 2.24. The summed E-state index contributed by atoms with van der Waals surface area (Å²) in [7, 11) is 1.58. The Hall–Kier alpha value is -3.93. The van der Waals surface area contributed by atoms with Crippen LogP contribution in [0.15, 0.2) is 89.5 Å². The van der Waals surface area contributed by atoms with E-state index in [2.05, 4.69) is 15.5 Å². The van der Waals surface area contributed by atoms with Gasteiger partial charge in [-0.25, -0.2) is 0 Å². The summed E-state index contributed by atoms with van der Waals surface area (Å²) >= 11 is 0. The average Bonchev–Trinajstić information content (AvgIpc) is 3.29. The normalized spacial score (nSPS) is 10.7. The number of ether oxygens (including phenoxy) is 1. The Morgan fingerprint density at radius 3 is 2.21 bits per heavy atom. The first-order valence-corrected chi connectivity index (χ1v) is 9.13. The molecule has 1 amide bonds. The van der Waals surface area contributed by atoms with Crippen LogP contribution >= 0.6 is 0 Å². The first-order valence-electron chi connectivity index (χ1n) is 9.13. The van der Waals surface area contributed by atoms with E-state index in [9.17, 15) is 4.79 Å². The Balaban J connectivity index is 1.59. The van der Waals surface area contributed by atoms with Crippen molar-refractivity contribution in [3.8, 4) is 17.1 Å². The van der Waals surface area contributed by atoms with Crippen molar-refractivity contribution in [2.24, 2.45) is 0 Å². The Kier molecular flexibility index (Phi) is 5.33. The van der Waals surface area contributed by atoms with E-state index >= 15 is 0 Å². The molecular formula is C23H19N3O3. The number of methoxy groups -OCH3 is 1. The van der Waals surface area contributed by atoms with E-state index in [4.69, 9.17) is 9.26 Å². The summed E-state index contributed by atoms with van der Waals surface area (Å²) in [6.45, 7) is 0. The molecule has 0 atom stereocenters. The zero-order valence-corrected chi connectivity index (χ0v) is 15.8. The molecule has 0 fully saturated rings. The summed E-state index contributed by atoms with van der Waals surface area (Å²) in [6.07, 6.45) is 0. The van der Waals surface area contributed by atoms with Gasteiger partial charge in [0.1, 0.15) is 5.75 Å². The lowest BCUT2D eigenvalue weighted by Gasteiger charge is -2.18. The van der Waals surface area contributed by atoms with Crippen LogP contribution in [0.3, 0.4) is 0 Å². The molecule has 0 saturated carbocycles. The summed E-state index contributed by atoms with van der Waals surface area (Å²) < 4.78 is 10.4. The third-order valence-corrected chi connectivity index (χ3v) is 4.49. The van der Waals surface area contributed by atoms with E-state index in [1.165, 1.54) is 0 Å². The number of hydrogen-bond acceptors (Lipinski definition) is 5. The van der Waals surface area contributed by atoms with E-state index in [1.54, 1.807) is 13.2 Å². The maximum Gasteiger partial charge on any atom is 0.316 e. The van der Waals surface area contributed by atoms with Gasteiger partial charge in [0, 0.05) is 5.56 Å². The Bertz CT molecular complexity index is 1060. The first-order chi connectivity index (χ1) is 14.2. The Labute approximate surface area is 168 Å². The molecule has 0 radical (unpaired) electrons. The zero-order chi connectivity index (χ0) is 20.1. The molecule has 1 aromatic heterocycles. The van der Waals surface area contributed by atoms with E-state index in [-0.39, 0.29) is 11.9 Å². The minimum Gasteiger partial charge on any atom is -0.497 e. The molecule has 1 heterocycles. The number of aromatic nitrogens is 2. The van der Waals surface area contributed by atoms with Gasteiger partial charge in [-0.2, -0.15) is 4.98 Å². The quantitative estimate of drug-likeness (QED) is 0.536. The minimum atomic E-state index is -0.440. The Morgan fingerprint density at radius 1 is 0.931 bits per heavy atom. The van der Waals surface area contributed by atoms with Crippen molar-refractivity contribution >= 4 is 5.91 Å². The van der Waals surface area contributed by atoms with Crippen molar-refractivity contribution < 1.29 is 14.1 Å². The molecule has 4 rings (SSSR count). The highest BCUT2D eigenvalue weighted by Gasteiger charge is 2.22. The van der Waals surface area contributed by atoms with Crippen LogP contribution in [0.5, 0.6) is 5.75 Å². The lowest BCUT2D eigenvalue weighted by Crippen LogP contribution is -2.29. The van der Waals surface area contributed by atoms with Gasteiger partial charge in [-0.1, -0.05) is 78.0 Å². The van der Waals surface area contributed by atoms with Gasteiger partial charge in [0.25, 0.3) is 0 Å². The number of nitrogens with zero attached hydrogens (tertiary/aromatic N) is 2. The second kappa shape index (κ2) is 8.39. The molecule has 6 nitrogen and oxygen atoms in total. The third-order valence-electron chi connectivity index (χ3n) is 4.49. The second-order valence-electron chi connectivity index (χ2n) is 6.38. The monoisotopic (exact) mass is 385 g/mol. The van der Waals surface area contributed by atoms with Crippen LogP contribution in [0.1, 0.15) is 27.9 Å². The number of rotatable bonds is 6. The van der Waals surface area contributed by atoms with Gasteiger partial charge in [-0.05, 0) is 23.3 Å². The highest BCUT2D eigenvalue weighted by molar-refractivity contribution is 5.90. The zero-order valence-electron chi connectivity index (χ0n) is 15.8. The second-order valence-corrected chi connectivity index (χ2v) is 6.38. The first kappa shape index (κ1) is 18.4. The molecule has 29 heavy (non-hydrogen) atoms. The molecule has 0 spiro atoms. The third kappa shape index (κ3) is 4.16. The predicted octanol–water partition coefficient (Wildman–Crippen LogP) is 4.26. The largest absolute Gasteiger partial charge is 0.497 e. The van der Waals surface area contributed by atoms with E-state index in [1.807, 2.05) is 78.9 Å². The summed E-state index contributed by atoms with van der Waals surface area (Å²) in [5.41, 5.74) is 2.62. The van der Waals surface area contributed by atoms with Gasteiger partial charge < -0.3 is 14.6 Å². The summed E-state index contributed by atoms with van der Waals surface area (Å²) in [5, 5.41) is 6.93. The van der Waals surface area contributed by atoms with Gasteiger partial charge in [0.2, 0.25) is 5.82 Å². The van der Waals surface area contributed by atoms with Gasteiger partial charge in [-0.15, -0.1) is 0 Å². The molecule has 1 N–H and O–H groups in total. The number of nitrogens with one attached hydrogen (secondary N) is 1. The summed E-state index contributed by atoms with van der Waals surface area (Å²) in [4.78, 5) is 17.1. The van der Waals surface area contributed by atoms with Crippen molar-refractivity contribution in [1.82, 2.24) is 15.5 Å². The molecule has 0 aliphatic rings. The number of benzene rings is 3. The molecule has 0 bridgehead atoms. The van der Waals surface area contributed by atoms with Gasteiger partial charge in [0.05, 0.1) is 13.2 Å². The molecule has 4 aromatic rings. The molecular weight excluding hydrogens is 366 g/mol. The van der Waals surface area contributed by atoms with Crippen molar-refractivity contribution in [2.75, 3.05) is 7.11 Å². The lowest BCUT2D eigenvalue weighted by atomic mass is 9.99. The predicted molar refractivity (Wildman–Crippen MR) is 108 cm³/mol. The number of amides is 1. The smallest absolute Gasteiger partial charge is 0.316 e. The maximum absolute atomic E-state index is 12.8. The van der Waals surface area contributed by atoms with Crippen LogP contribution in [-0.4, -0.2) is 23.2 Å². The fraction of sp³-hybridized carbons (Fsp3) is 0.0870. The van der Waals surface area contributed by atoms with E-state index in [0.29, 0.717) is 17.1 Å². The molecule has 3 aromatic carbocycles.